The maximum absolute atomic E-state index is 14.2. The van der Waals surface area contributed by atoms with Crippen LogP contribution in [0.1, 0.15) is 10.4 Å². The lowest BCUT2D eigenvalue weighted by molar-refractivity contribution is 0.0695. The van der Waals surface area contributed by atoms with Gasteiger partial charge in [0.15, 0.2) is 5.82 Å². The second kappa shape index (κ2) is 5.58. The first-order chi connectivity index (χ1) is 9.41. The molecule has 6 heteroatoms. The van der Waals surface area contributed by atoms with Crippen LogP contribution in [0.3, 0.4) is 0 Å². The quantitative estimate of drug-likeness (QED) is 0.909. The first-order valence-corrected chi connectivity index (χ1v) is 6.41. The fraction of sp³-hybridized carbons (Fsp3) is 0.0714. The molecule has 0 aromatic heterocycles. The Labute approximate surface area is 122 Å². The Hall–Kier alpha value is -1.95. The first-order valence-electron chi connectivity index (χ1n) is 5.62. The Bertz CT molecular complexity index is 676. The summed E-state index contributed by atoms with van der Waals surface area (Å²) in [6.07, 6.45) is 0. The van der Waals surface area contributed by atoms with E-state index in [9.17, 15) is 13.6 Å². The number of hydrogen-bond donors (Lipinski definition) is 1. The molecule has 0 saturated heterocycles. The van der Waals surface area contributed by atoms with Crippen molar-refractivity contribution < 1.29 is 18.7 Å². The average molecular weight is 342 g/mol. The number of aromatic carboxylic acids is 1. The van der Waals surface area contributed by atoms with Crippen molar-refractivity contribution in [2.24, 2.45) is 0 Å². The zero-order chi connectivity index (χ0) is 14.9. The van der Waals surface area contributed by atoms with Crippen molar-refractivity contribution in [3.8, 4) is 0 Å². The summed E-state index contributed by atoms with van der Waals surface area (Å²) in [6, 6.07) is 8.33. The summed E-state index contributed by atoms with van der Waals surface area (Å²) in [4.78, 5) is 12.3. The summed E-state index contributed by atoms with van der Waals surface area (Å²) in [6.45, 7) is 0. The molecule has 0 unspecified atom stereocenters. The topological polar surface area (TPSA) is 40.5 Å². The van der Waals surface area contributed by atoms with Crippen molar-refractivity contribution >= 4 is 33.3 Å². The highest BCUT2D eigenvalue weighted by Crippen LogP contribution is 2.32. The minimum atomic E-state index is -1.23. The van der Waals surface area contributed by atoms with Crippen LogP contribution in [0.15, 0.2) is 40.9 Å². The minimum absolute atomic E-state index is 0.134. The largest absolute Gasteiger partial charge is 0.478 e. The molecule has 0 saturated carbocycles. The Morgan fingerprint density at radius 2 is 1.95 bits per heavy atom. The summed E-state index contributed by atoms with van der Waals surface area (Å²) in [7, 11) is 1.57. The Kier molecular flexibility index (Phi) is 4.04. The van der Waals surface area contributed by atoms with Gasteiger partial charge in [0.2, 0.25) is 0 Å². The van der Waals surface area contributed by atoms with Gasteiger partial charge in [0.1, 0.15) is 5.82 Å². The normalized spacial score (nSPS) is 10.4. The van der Waals surface area contributed by atoms with Crippen LogP contribution in [0.2, 0.25) is 0 Å². The van der Waals surface area contributed by atoms with E-state index in [1.165, 1.54) is 35.2 Å². The monoisotopic (exact) mass is 341 g/mol. The van der Waals surface area contributed by atoms with Gasteiger partial charge in [0.25, 0.3) is 0 Å². The summed E-state index contributed by atoms with van der Waals surface area (Å²) in [5, 5.41) is 8.91. The van der Waals surface area contributed by atoms with Gasteiger partial charge in [-0.05, 0) is 46.3 Å². The van der Waals surface area contributed by atoms with Gasteiger partial charge in [-0.25, -0.2) is 13.6 Å². The average Bonchev–Trinajstić information content (AvgIpc) is 2.40. The Balaban J connectivity index is 2.48. The molecule has 0 spiro atoms. The van der Waals surface area contributed by atoms with E-state index in [2.05, 4.69) is 15.9 Å². The van der Waals surface area contributed by atoms with Gasteiger partial charge in [-0.3, -0.25) is 0 Å². The molecule has 0 fully saturated rings. The zero-order valence-electron chi connectivity index (χ0n) is 10.4. The molecular weight excluding hydrogens is 332 g/mol. The zero-order valence-corrected chi connectivity index (χ0v) is 12.0. The standard InChI is InChI=1S/C14H10BrF2NO2/c1-18(9-4-2-3-8(16)7-9)11-6-5-10(14(19)20)12(15)13(11)17/h2-7H,1H3,(H,19,20). The Morgan fingerprint density at radius 1 is 1.25 bits per heavy atom. The van der Waals surface area contributed by atoms with E-state index < -0.39 is 17.6 Å². The highest BCUT2D eigenvalue weighted by molar-refractivity contribution is 9.10. The highest BCUT2D eigenvalue weighted by atomic mass is 79.9. The number of carboxylic acids is 1. The fourth-order valence-electron chi connectivity index (χ4n) is 1.79. The molecule has 0 aliphatic rings. The number of hydrogen-bond acceptors (Lipinski definition) is 2. The molecule has 0 aliphatic heterocycles. The molecule has 2 rings (SSSR count). The molecular formula is C14H10BrF2NO2. The molecule has 2 aromatic rings. The van der Waals surface area contributed by atoms with Crippen LogP contribution >= 0.6 is 15.9 Å². The number of carbonyl (C=O) groups is 1. The molecule has 1 N–H and O–H groups in total. The highest BCUT2D eigenvalue weighted by Gasteiger charge is 2.18. The van der Waals surface area contributed by atoms with E-state index in [4.69, 9.17) is 5.11 Å². The molecule has 104 valence electrons. The van der Waals surface area contributed by atoms with Crippen LogP contribution in [-0.2, 0) is 0 Å². The second-order valence-corrected chi connectivity index (χ2v) is 4.90. The van der Waals surface area contributed by atoms with Crippen LogP contribution < -0.4 is 4.90 Å². The molecule has 3 nitrogen and oxygen atoms in total. The van der Waals surface area contributed by atoms with Crippen molar-refractivity contribution in [3.63, 3.8) is 0 Å². The lowest BCUT2D eigenvalue weighted by Crippen LogP contribution is -2.13. The summed E-state index contributed by atoms with van der Waals surface area (Å²) >= 11 is 2.93. The lowest BCUT2D eigenvalue weighted by Gasteiger charge is -2.21. The predicted molar refractivity (Wildman–Crippen MR) is 75.5 cm³/mol. The molecule has 0 bridgehead atoms. The van der Waals surface area contributed by atoms with E-state index in [1.807, 2.05) is 0 Å². The van der Waals surface area contributed by atoms with E-state index in [0.29, 0.717) is 5.69 Å². The van der Waals surface area contributed by atoms with Crippen LogP contribution in [0.5, 0.6) is 0 Å². The first kappa shape index (κ1) is 14.5. The number of rotatable bonds is 3. The summed E-state index contributed by atoms with van der Waals surface area (Å²) in [5.41, 5.74) is 0.435. The molecule has 20 heavy (non-hydrogen) atoms. The number of halogens is 3. The smallest absolute Gasteiger partial charge is 0.336 e. The number of carboxylic acid groups (broad SMARTS) is 1. The van der Waals surface area contributed by atoms with Gasteiger partial charge in [0.05, 0.1) is 15.7 Å². The molecule has 0 heterocycles. The van der Waals surface area contributed by atoms with Gasteiger partial charge >= 0.3 is 5.97 Å². The van der Waals surface area contributed by atoms with E-state index in [-0.39, 0.29) is 15.7 Å². The van der Waals surface area contributed by atoms with Gasteiger partial charge in [-0.1, -0.05) is 6.07 Å². The van der Waals surface area contributed by atoms with E-state index >= 15 is 0 Å². The third kappa shape index (κ3) is 2.65. The van der Waals surface area contributed by atoms with Crippen LogP contribution in [0.25, 0.3) is 0 Å². The van der Waals surface area contributed by atoms with Crippen molar-refractivity contribution in [1.29, 1.82) is 0 Å². The maximum Gasteiger partial charge on any atom is 0.336 e. The van der Waals surface area contributed by atoms with Crippen molar-refractivity contribution in [2.75, 3.05) is 11.9 Å². The van der Waals surface area contributed by atoms with Crippen LogP contribution in [0, 0.1) is 11.6 Å². The van der Waals surface area contributed by atoms with Crippen molar-refractivity contribution in [3.05, 3.63) is 58.1 Å². The fourth-order valence-corrected chi connectivity index (χ4v) is 2.29. The summed E-state index contributed by atoms with van der Waals surface area (Å²) in [5.74, 6) is -2.37. The van der Waals surface area contributed by atoms with Gasteiger partial charge in [-0.2, -0.15) is 0 Å². The lowest BCUT2D eigenvalue weighted by atomic mass is 10.1. The Morgan fingerprint density at radius 3 is 2.55 bits per heavy atom. The van der Waals surface area contributed by atoms with Crippen molar-refractivity contribution in [1.82, 2.24) is 0 Å². The molecule has 0 atom stereocenters. The van der Waals surface area contributed by atoms with Crippen LogP contribution in [0.4, 0.5) is 20.2 Å². The van der Waals surface area contributed by atoms with Gasteiger partial charge in [0, 0.05) is 12.7 Å². The summed E-state index contributed by atoms with van der Waals surface area (Å²) < 4.78 is 27.3. The predicted octanol–water partition coefficient (Wildman–Crippen LogP) is 4.19. The number of nitrogens with zero attached hydrogens (tertiary/aromatic N) is 1. The molecule has 0 radical (unpaired) electrons. The van der Waals surface area contributed by atoms with Gasteiger partial charge in [-0.15, -0.1) is 0 Å². The molecule has 0 aliphatic carbocycles. The van der Waals surface area contributed by atoms with E-state index in [0.717, 1.165) is 0 Å². The molecule has 2 aromatic carbocycles. The number of anilines is 2. The number of benzene rings is 2. The van der Waals surface area contributed by atoms with Crippen molar-refractivity contribution in [2.45, 2.75) is 0 Å². The molecule has 0 amide bonds. The third-order valence-corrected chi connectivity index (χ3v) is 3.62. The third-order valence-electron chi connectivity index (χ3n) is 2.85. The van der Waals surface area contributed by atoms with Crippen LogP contribution in [-0.4, -0.2) is 18.1 Å². The van der Waals surface area contributed by atoms with Gasteiger partial charge < -0.3 is 10.0 Å². The SMILES string of the molecule is CN(c1cccc(F)c1)c1ccc(C(=O)O)c(Br)c1F. The minimum Gasteiger partial charge on any atom is -0.478 e. The maximum atomic E-state index is 14.2. The second-order valence-electron chi connectivity index (χ2n) is 4.10. The van der Waals surface area contributed by atoms with E-state index in [1.54, 1.807) is 13.1 Å².